The van der Waals surface area contributed by atoms with Crippen molar-refractivity contribution in [1.82, 2.24) is 24.6 Å². The number of halogens is 1. The zero-order valence-electron chi connectivity index (χ0n) is 16.8. The number of likely N-dealkylation sites (tertiary alicyclic amines) is 1. The lowest BCUT2D eigenvalue weighted by molar-refractivity contribution is 0.173. The van der Waals surface area contributed by atoms with Gasteiger partial charge < -0.3 is 29.5 Å². The Morgan fingerprint density at radius 1 is 1.19 bits per heavy atom. The highest BCUT2D eigenvalue weighted by Crippen LogP contribution is 2.46. The molecule has 0 bridgehead atoms. The Labute approximate surface area is 182 Å². The fraction of sp³-hybridized carbons (Fsp3) is 0.450. The van der Waals surface area contributed by atoms with Crippen LogP contribution in [-0.4, -0.2) is 57.5 Å². The van der Waals surface area contributed by atoms with Crippen LogP contribution in [0.15, 0.2) is 27.8 Å². The van der Waals surface area contributed by atoms with Gasteiger partial charge in [-0.15, -0.1) is 5.10 Å². The quantitative estimate of drug-likeness (QED) is 0.571. The second-order valence-electron chi connectivity index (χ2n) is 7.69. The van der Waals surface area contributed by atoms with Gasteiger partial charge in [0, 0.05) is 24.4 Å². The van der Waals surface area contributed by atoms with E-state index in [1.54, 1.807) is 12.4 Å². The first-order valence-corrected chi connectivity index (χ1v) is 10.6. The van der Waals surface area contributed by atoms with Gasteiger partial charge >= 0.3 is 5.76 Å². The highest BCUT2D eigenvalue weighted by molar-refractivity contribution is 6.34. The van der Waals surface area contributed by atoms with E-state index in [1.165, 1.54) is 10.4 Å². The van der Waals surface area contributed by atoms with E-state index in [-0.39, 0.29) is 10.9 Å². The van der Waals surface area contributed by atoms with Crippen LogP contribution in [-0.2, 0) is 6.54 Å². The summed E-state index contributed by atoms with van der Waals surface area (Å²) in [6, 6.07) is 1.58. The van der Waals surface area contributed by atoms with Gasteiger partial charge in [-0.3, -0.25) is 0 Å². The molecule has 3 N–H and O–H groups in total. The van der Waals surface area contributed by atoms with Crippen LogP contribution >= 0.6 is 11.6 Å². The summed E-state index contributed by atoms with van der Waals surface area (Å²) in [6.07, 6.45) is 5.72. The molecule has 1 fully saturated rings. The summed E-state index contributed by atoms with van der Waals surface area (Å²) in [5.74, 6) is 0.852. The normalized spacial score (nSPS) is 17.2. The average molecular weight is 447 g/mol. The maximum Gasteiger partial charge on any atom is 0.437 e. The maximum atomic E-state index is 12.4. The molecule has 10 nitrogen and oxygen atoms in total. The molecule has 2 aromatic heterocycles. The van der Waals surface area contributed by atoms with Crippen LogP contribution in [0.4, 0.5) is 5.69 Å². The van der Waals surface area contributed by atoms with Crippen LogP contribution in [0.2, 0.25) is 5.02 Å². The first-order valence-electron chi connectivity index (χ1n) is 10.3. The largest absolute Gasteiger partial charge is 0.485 e. The van der Waals surface area contributed by atoms with Crippen LogP contribution in [0.1, 0.15) is 24.5 Å². The number of nitrogens with two attached hydrogens (primary N) is 1. The van der Waals surface area contributed by atoms with E-state index in [4.69, 9.17) is 31.2 Å². The van der Waals surface area contributed by atoms with E-state index in [0.717, 1.165) is 25.9 Å². The van der Waals surface area contributed by atoms with E-state index < -0.39 is 5.76 Å². The van der Waals surface area contributed by atoms with Gasteiger partial charge in [-0.2, -0.15) is 4.68 Å². The van der Waals surface area contributed by atoms with E-state index in [9.17, 15) is 4.79 Å². The second kappa shape index (κ2) is 8.27. The lowest BCUT2D eigenvalue weighted by Gasteiger charge is -2.31. The number of aromatic nitrogens is 4. The number of fused-ring (bicyclic) bond motifs is 1. The van der Waals surface area contributed by atoms with Gasteiger partial charge in [-0.25, -0.2) is 9.78 Å². The fourth-order valence-electron chi connectivity index (χ4n) is 4.11. The molecule has 4 heterocycles. The molecule has 3 aromatic rings. The predicted molar refractivity (Wildman–Crippen MR) is 114 cm³/mol. The lowest BCUT2D eigenvalue weighted by atomic mass is 9.94. The monoisotopic (exact) mass is 446 g/mol. The summed E-state index contributed by atoms with van der Waals surface area (Å²) < 4.78 is 18.0. The fourth-order valence-corrected chi connectivity index (χ4v) is 4.30. The number of ether oxygens (including phenoxy) is 2. The summed E-state index contributed by atoms with van der Waals surface area (Å²) in [5, 5.41) is 4.65. The molecular formula is C20H23ClN6O4. The van der Waals surface area contributed by atoms with Crippen LogP contribution in [0.25, 0.3) is 11.5 Å². The molecule has 164 valence electrons. The van der Waals surface area contributed by atoms with Crippen LogP contribution in [0, 0.1) is 0 Å². The number of nitrogens with zero attached hydrogens (tertiary/aromatic N) is 4. The number of benzene rings is 1. The van der Waals surface area contributed by atoms with Gasteiger partial charge in [-0.05, 0) is 32.0 Å². The molecule has 2 aliphatic heterocycles. The Bertz CT molecular complexity index is 1120. The smallest absolute Gasteiger partial charge is 0.437 e. The number of rotatable bonds is 5. The summed E-state index contributed by atoms with van der Waals surface area (Å²) in [4.78, 5) is 22.0. The van der Waals surface area contributed by atoms with Crippen molar-refractivity contribution in [1.29, 1.82) is 0 Å². The Morgan fingerprint density at radius 3 is 2.71 bits per heavy atom. The zero-order valence-corrected chi connectivity index (χ0v) is 17.6. The van der Waals surface area contributed by atoms with Crippen molar-refractivity contribution < 1.29 is 13.9 Å². The third kappa shape index (κ3) is 3.88. The number of aromatic amines is 1. The number of anilines is 1. The molecule has 11 heteroatoms. The molecule has 5 rings (SSSR count). The molecule has 0 unspecified atom stereocenters. The van der Waals surface area contributed by atoms with Crippen molar-refractivity contribution in [3.63, 3.8) is 0 Å². The number of hydrogen-bond acceptors (Lipinski definition) is 8. The molecule has 0 spiro atoms. The minimum Gasteiger partial charge on any atom is -0.485 e. The van der Waals surface area contributed by atoms with Gasteiger partial charge in [0.15, 0.2) is 11.5 Å². The maximum absolute atomic E-state index is 12.4. The van der Waals surface area contributed by atoms with Crippen molar-refractivity contribution in [3.05, 3.63) is 39.9 Å². The van der Waals surface area contributed by atoms with Gasteiger partial charge in [0.05, 0.1) is 29.1 Å². The lowest BCUT2D eigenvalue weighted by Crippen LogP contribution is -2.36. The summed E-state index contributed by atoms with van der Waals surface area (Å²) in [7, 11) is 0. The number of imidazole rings is 1. The molecule has 0 saturated carbocycles. The standard InChI is InChI=1S/C20H23ClN6O4/c21-14-9-13(17-18(16(14)22)30-8-7-29-17)19-25-27(20(28)31-19)6-5-26-3-1-12(2-4-26)15-10-23-11-24-15/h9-12H,1-8,22H2,(H,23,24). The minimum atomic E-state index is -0.527. The predicted octanol–water partition coefficient (Wildman–Crippen LogP) is 2.11. The molecule has 0 atom stereocenters. The van der Waals surface area contributed by atoms with Crippen molar-refractivity contribution in [2.45, 2.75) is 25.3 Å². The van der Waals surface area contributed by atoms with E-state index >= 15 is 0 Å². The summed E-state index contributed by atoms with van der Waals surface area (Å²) >= 11 is 6.23. The molecule has 1 saturated heterocycles. The third-order valence-electron chi connectivity index (χ3n) is 5.81. The molecule has 0 aliphatic carbocycles. The number of nitrogens with one attached hydrogen (secondary N) is 1. The Kier molecular flexibility index (Phi) is 5.33. The van der Waals surface area contributed by atoms with Crippen molar-refractivity contribution in [3.8, 4) is 23.0 Å². The first kappa shape index (κ1) is 20.0. The van der Waals surface area contributed by atoms with Crippen LogP contribution in [0.5, 0.6) is 11.5 Å². The SMILES string of the molecule is Nc1c(Cl)cc(-c2nn(CCN3CCC(c4cnc[nH]4)CC3)c(=O)o2)c2c1OCCO2. The van der Waals surface area contributed by atoms with Gasteiger partial charge in [0.25, 0.3) is 5.89 Å². The molecule has 31 heavy (non-hydrogen) atoms. The van der Waals surface area contributed by atoms with Crippen molar-refractivity contribution in [2.24, 2.45) is 0 Å². The first-order chi connectivity index (χ1) is 15.1. The molecule has 0 radical (unpaired) electrons. The minimum absolute atomic E-state index is 0.131. The average Bonchev–Trinajstić information content (AvgIpc) is 3.45. The van der Waals surface area contributed by atoms with Gasteiger partial charge in [-0.1, -0.05) is 11.6 Å². The topological polar surface area (TPSA) is 124 Å². The summed E-state index contributed by atoms with van der Waals surface area (Å²) in [5.41, 5.74) is 7.92. The van der Waals surface area contributed by atoms with Crippen molar-refractivity contribution in [2.75, 3.05) is 38.6 Å². The van der Waals surface area contributed by atoms with Crippen molar-refractivity contribution >= 4 is 17.3 Å². The number of hydrogen-bond donors (Lipinski definition) is 2. The van der Waals surface area contributed by atoms with Crippen LogP contribution < -0.4 is 21.0 Å². The highest BCUT2D eigenvalue weighted by atomic mass is 35.5. The van der Waals surface area contributed by atoms with E-state index in [1.807, 2.05) is 6.20 Å². The third-order valence-corrected chi connectivity index (χ3v) is 6.12. The number of H-pyrrole nitrogens is 1. The second-order valence-corrected chi connectivity index (χ2v) is 8.10. The van der Waals surface area contributed by atoms with E-state index in [2.05, 4.69) is 20.0 Å². The van der Waals surface area contributed by atoms with Gasteiger partial charge in [0.2, 0.25) is 0 Å². The molecule has 1 aromatic carbocycles. The number of nitrogen functional groups attached to an aromatic ring is 1. The molecule has 2 aliphatic rings. The highest BCUT2D eigenvalue weighted by Gasteiger charge is 2.26. The number of piperidine rings is 1. The van der Waals surface area contributed by atoms with E-state index in [0.29, 0.717) is 55.0 Å². The Morgan fingerprint density at radius 2 is 1.97 bits per heavy atom. The Hall–Kier alpha value is -2.98. The van der Waals surface area contributed by atoms with Gasteiger partial charge in [0.1, 0.15) is 13.2 Å². The molecule has 0 amide bonds. The molecular weight excluding hydrogens is 424 g/mol. The zero-order chi connectivity index (χ0) is 21.4. The summed E-state index contributed by atoms with van der Waals surface area (Å²) in [6.45, 7) is 3.78. The van der Waals surface area contributed by atoms with Crippen LogP contribution in [0.3, 0.4) is 0 Å². The Balaban J connectivity index is 1.28.